The zero-order valence-corrected chi connectivity index (χ0v) is 16.6. The SMILES string of the molecule is O=C(Cn1ncc2c(c1=O)N(C1CC1)C(=O)CS2)NCCc1ccc(Cl)cc1. The van der Waals surface area contributed by atoms with Crippen LogP contribution < -0.4 is 15.8 Å². The van der Waals surface area contributed by atoms with E-state index in [0.29, 0.717) is 34.3 Å². The summed E-state index contributed by atoms with van der Waals surface area (Å²) >= 11 is 7.18. The Morgan fingerprint density at radius 3 is 2.71 bits per heavy atom. The molecule has 1 aromatic carbocycles. The lowest BCUT2D eigenvalue weighted by Crippen LogP contribution is -2.44. The predicted molar refractivity (Wildman–Crippen MR) is 108 cm³/mol. The number of carbonyl (C=O) groups excluding carboxylic acids is 2. The van der Waals surface area contributed by atoms with Gasteiger partial charge in [-0.3, -0.25) is 14.4 Å². The zero-order valence-electron chi connectivity index (χ0n) is 15.1. The van der Waals surface area contributed by atoms with E-state index in [9.17, 15) is 14.4 Å². The van der Waals surface area contributed by atoms with E-state index in [0.717, 1.165) is 23.1 Å². The van der Waals surface area contributed by atoms with Gasteiger partial charge >= 0.3 is 0 Å². The molecule has 0 atom stereocenters. The van der Waals surface area contributed by atoms with E-state index in [1.807, 2.05) is 12.1 Å². The molecule has 1 saturated carbocycles. The summed E-state index contributed by atoms with van der Waals surface area (Å²) in [5.41, 5.74) is 1.04. The van der Waals surface area contributed by atoms with Crippen LogP contribution in [0.15, 0.2) is 40.2 Å². The second-order valence-corrected chi connectivity index (χ2v) is 8.28. The molecule has 146 valence electrons. The third-order valence-corrected chi connectivity index (χ3v) is 5.95. The van der Waals surface area contributed by atoms with Gasteiger partial charge in [0.1, 0.15) is 12.2 Å². The predicted octanol–water partition coefficient (Wildman–Crippen LogP) is 1.86. The fourth-order valence-electron chi connectivity index (χ4n) is 3.15. The van der Waals surface area contributed by atoms with Crippen LogP contribution in [0.4, 0.5) is 5.69 Å². The number of thioether (sulfide) groups is 1. The second-order valence-electron chi connectivity index (χ2n) is 6.83. The van der Waals surface area contributed by atoms with Gasteiger partial charge in [-0.15, -0.1) is 11.8 Å². The van der Waals surface area contributed by atoms with Crippen LogP contribution in [0.5, 0.6) is 0 Å². The first kappa shape index (κ1) is 19.0. The number of rotatable bonds is 6. The van der Waals surface area contributed by atoms with E-state index in [-0.39, 0.29) is 24.4 Å². The van der Waals surface area contributed by atoms with Gasteiger partial charge in [-0.25, -0.2) is 4.68 Å². The average molecular weight is 419 g/mol. The Balaban J connectivity index is 1.42. The van der Waals surface area contributed by atoms with Gasteiger partial charge in [-0.2, -0.15) is 5.10 Å². The molecule has 1 aromatic heterocycles. The number of hydrogen-bond acceptors (Lipinski definition) is 5. The Hall–Kier alpha value is -2.32. The van der Waals surface area contributed by atoms with Crippen molar-refractivity contribution in [2.45, 2.75) is 36.7 Å². The maximum absolute atomic E-state index is 12.9. The fourth-order valence-corrected chi connectivity index (χ4v) is 4.13. The Kier molecular flexibility index (Phi) is 5.41. The summed E-state index contributed by atoms with van der Waals surface area (Å²) in [6, 6.07) is 7.53. The maximum atomic E-state index is 12.9. The number of carbonyl (C=O) groups is 2. The van der Waals surface area contributed by atoms with Crippen molar-refractivity contribution in [2.75, 3.05) is 17.2 Å². The highest BCUT2D eigenvalue weighted by molar-refractivity contribution is 8.00. The van der Waals surface area contributed by atoms with Crippen LogP contribution in [-0.2, 0) is 22.6 Å². The fraction of sp³-hybridized carbons (Fsp3) is 0.368. The van der Waals surface area contributed by atoms with Crippen LogP contribution in [0.25, 0.3) is 0 Å². The van der Waals surface area contributed by atoms with Gasteiger partial charge in [-0.1, -0.05) is 23.7 Å². The first-order valence-corrected chi connectivity index (χ1v) is 10.5. The van der Waals surface area contributed by atoms with Crippen molar-refractivity contribution in [1.82, 2.24) is 15.1 Å². The first-order chi connectivity index (χ1) is 13.5. The number of anilines is 1. The van der Waals surface area contributed by atoms with Gasteiger partial charge in [0.15, 0.2) is 0 Å². The summed E-state index contributed by atoms with van der Waals surface area (Å²) in [5.74, 6) is -0.0293. The highest BCUT2D eigenvalue weighted by Crippen LogP contribution is 2.38. The van der Waals surface area contributed by atoms with E-state index in [4.69, 9.17) is 11.6 Å². The Labute approximate surface area is 171 Å². The van der Waals surface area contributed by atoms with Crippen molar-refractivity contribution in [3.8, 4) is 0 Å². The standard InChI is InChI=1S/C19H19ClN4O3S/c20-13-3-1-12(2-4-13)7-8-21-16(25)10-23-19(27)18-15(9-22-23)28-11-17(26)24(18)14-5-6-14/h1-4,9,14H,5-8,10-11H2,(H,21,25). The molecule has 7 nitrogen and oxygen atoms in total. The number of benzene rings is 1. The Morgan fingerprint density at radius 1 is 1.25 bits per heavy atom. The third-order valence-electron chi connectivity index (χ3n) is 4.70. The van der Waals surface area contributed by atoms with Crippen LogP contribution in [0.2, 0.25) is 5.02 Å². The van der Waals surface area contributed by atoms with E-state index in [2.05, 4.69) is 10.4 Å². The van der Waals surface area contributed by atoms with Crippen LogP contribution in [0.3, 0.4) is 0 Å². The smallest absolute Gasteiger partial charge is 0.292 e. The molecule has 0 bridgehead atoms. The molecular formula is C19H19ClN4O3S. The van der Waals surface area contributed by atoms with Crippen molar-refractivity contribution < 1.29 is 9.59 Å². The van der Waals surface area contributed by atoms with Gasteiger partial charge in [0.25, 0.3) is 5.56 Å². The van der Waals surface area contributed by atoms with Gasteiger partial charge in [0, 0.05) is 17.6 Å². The molecule has 28 heavy (non-hydrogen) atoms. The minimum Gasteiger partial charge on any atom is -0.354 e. The van der Waals surface area contributed by atoms with Crippen molar-refractivity contribution >= 4 is 40.9 Å². The van der Waals surface area contributed by atoms with Crippen LogP contribution in [0, 0.1) is 0 Å². The summed E-state index contributed by atoms with van der Waals surface area (Å²) in [4.78, 5) is 39.7. The third kappa shape index (κ3) is 4.07. The summed E-state index contributed by atoms with van der Waals surface area (Å²) in [5, 5.41) is 7.58. The molecular weight excluding hydrogens is 400 g/mol. The lowest BCUT2D eigenvalue weighted by atomic mass is 10.1. The minimum absolute atomic E-state index is 0.0535. The van der Waals surface area contributed by atoms with Crippen LogP contribution >= 0.6 is 23.4 Å². The normalized spacial score (nSPS) is 16.0. The molecule has 2 aliphatic rings. The van der Waals surface area contributed by atoms with E-state index < -0.39 is 5.56 Å². The van der Waals surface area contributed by atoms with E-state index in [1.165, 1.54) is 11.8 Å². The van der Waals surface area contributed by atoms with Gasteiger partial charge in [-0.05, 0) is 37.0 Å². The number of nitrogens with one attached hydrogen (secondary N) is 1. The molecule has 0 saturated heterocycles. The average Bonchev–Trinajstić information content (AvgIpc) is 3.51. The van der Waals surface area contributed by atoms with Crippen molar-refractivity contribution in [3.63, 3.8) is 0 Å². The van der Waals surface area contributed by atoms with Crippen LogP contribution in [0.1, 0.15) is 18.4 Å². The summed E-state index contributed by atoms with van der Waals surface area (Å²) in [6.45, 7) is 0.271. The second kappa shape index (κ2) is 7.97. The number of hydrogen-bond donors (Lipinski definition) is 1. The lowest BCUT2D eigenvalue weighted by Gasteiger charge is -2.28. The van der Waals surface area contributed by atoms with Gasteiger partial charge in [0.05, 0.1) is 16.8 Å². The van der Waals surface area contributed by atoms with Crippen molar-refractivity contribution in [3.05, 3.63) is 51.4 Å². The highest BCUT2D eigenvalue weighted by Gasteiger charge is 2.39. The monoisotopic (exact) mass is 418 g/mol. The number of nitrogens with zero attached hydrogens (tertiary/aromatic N) is 3. The van der Waals surface area contributed by atoms with Gasteiger partial charge < -0.3 is 10.2 Å². The summed E-state index contributed by atoms with van der Waals surface area (Å²) in [7, 11) is 0. The number of fused-ring (bicyclic) bond motifs is 1. The molecule has 1 fully saturated rings. The first-order valence-electron chi connectivity index (χ1n) is 9.09. The van der Waals surface area contributed by atoms with E-state index >= 15 is 0 Å². The maximum Gasteiger partial charge on any atom is 0.292 e. The number of aromatic nitrogens is 2. The molecule has 0 spiro atoms. The largest absolute Gasteiger partial charge is 0.354 e. The number of amides is 2. The minimum atomic E-state index is -0.391. The topological polar surface area (TPSA) is 84.3 Å². The van der Waals surface area contributed by atoms with Gasteiger partial charge in [0.2, 0.25) is 11.8 Å². The molecule has 2 amide bonds. The lowest BCUT2D eigenvalue weighted by molar-refractivity contribution is -0.121. The zero-order chi connectivity index (χ0) is 19.7. The van der Waals surface area contributed by atoms with Crippen molar-refractivity contribution in [2.24, 2.45) is 0 Å². The highest BCUT2D eigenvalue weighted by atomic mass is 35.5. The molecule has 2 heterocycles. The molecule has 2 aromatic rings. The Morgan fingerprint density at radius 2 is 2.00 bits per heavy atom. The molecule has 0 unspecified atom stereocenters. The molecule has 1 aliphatic carbocycles. The van der Waals surface area contributed by atoms with E-state index in [1.54, 1.807) is 23.2 Å². The van der Waals surface area contributed by atoms with Crippen molar-refractivity contribution in [1.29, 1.82) is 0 Å². The molecule has 0 radical (unpaired) electrons. The van der Waals surface area contributed by atoms with Crippen LogP contribution in [-0.4, -0.2) is 39.9 Å². The quantitative estimate of drug-likeness (QED) is 0.774. The number of halogens is 1. The molecule has 1 N–H and O–H groups in total. The Bertz CT molecular complexity index is 972. The summed E-state index contributed by atoms with van der Waals surface area (Å²) < 4.78 is 1.13. The summed E-state index contributed by atoms with van der Waals surface area (Å²) in [6.07, 6.45) is 4.05. The molecule has 9 heteroatoms. The molecule has 4 rings (SSSR count). The molecule has 1 aliphatic heterocycles.